The number of halogens is 1. The Bertz CT molecular complexity index is 654. The van der Waals surface area contributed by atoms with Gasteiger partial charge in [0.25, 0.3) is 0 Å². The topological polar surface area (TPSA) is 69.8 Å². The van der Waals surface area contributed by atoms with Gasteiger partial charge in [-0.3, -0.25) is 9.39 Å². The summed E-state index contributed by atoms with van der Waals surface area (Å²) >= 11 is 0. The molecule has 2 aromatic heterocycles. The molecule has 3 heterocycles. The lowest BCUT2D eigenvalue weighted by Gasteiger charge is -2.15. The second-order valence-corrected chi connectivity index (χ2v) is 5.77. The van der Waals surface area contributed by atoms with Crippen LogP contribution in [0.25, 0.3) is 5.65 Å². The summed E-state index contributed by atoms with van der Waals surface area (Å²) in [6.07, 6.45) is 3.21. The number of hydrogen-bond acceptors (Lipinski definition) is 4. The van der Waals surface area contributed by atoms with Gasteiger partial charge in [0.1, 0.15) is 0 Å². The molecule has 0 aliphatic carbocycles. The number of aliphatic imine (C=N–C) groups is 1. The highest BCUT2D eigenvalue weighted by Crippen LogP contribution is 2.12. The van der Waals surface area contributed by atoms with Crippen molar-refractivity contribution >= 4 is 35.6 Å². The Morgan fingerprint density at radius 3 is 2.96 bits per heavy atom. The number of nitrogens with one attached hydrogen (secondary N) is 2. The molecule has 3 rings (SSSR count). The average molecular weight is 429 g/mol. The van der Waals surface area contributed by atoms with Gasteiger partial charge in [0.2, 0.25) is 0 Å². The molecule has 0 amide bonds. The van der Waals surface area contributed by atoms with Crippen LogP contribution in [0.15, 0.2) is 29.4 Å². The van der Waals surface area contributed by atoms with Crippen LogP contribution in [0, 0.1) is 5.92 Å². The summed E-state index contributed by atoms with van der Waals surface area (Å²) in [5, 5.41) is 15.1. The van der Waals surface area contributed by atoms with E-state index in [-0.39, 0.29) is 24.0 Å². The standard InChI is InChI=1S/C15H23N7.HI/c1-16-15(17-9-12-6-8-21(2)11-12)18-10-14-20-19-13-5-3-4-7-22(13)14;/h3-5,7,12H,6,8-11H2,1-2H3,(H2,16,17,18);1H. The molecule has 126 valence electrons. The second-order valence-electron chi connectivity index (χ2n) is 5.77. The summed E-state index contributed by atoms with van der Waals surface area (Å²) in [7, 11) is 3.96. The van der Waals surface area contributed by atoms with E-state index in [2.05, 4.69) is 37.8 Å². The third-order valence-electron chi connectivity index (χ3n) is 4.07. The molecule has 23 heavy (non-hydrogen) atoms. The van der Waals surface area contributed by atoms with Gasteiger partial charge < -0.3 is 15.5 Å². The van der Waals surface area contributed by atoms with Crippen molar-refractivity contribution in [1.29, 1.82) is 0 Å². The fraction of sp³-hybridized carbons (Fsp3) is 0.533. The molecule has 0 bridgehead atoms. The van der Waals surface area contributed by atoms with E-state index >= 15 is 0 Å². The first kappa shape index (κ1) is 17.9. The number of likely N-dealkylation sites (tertiary alicyclic amines) is 1. The van der Waals surface area contributed by atoms with Crippen molar-refractivity contribution in [2.75, 3.05) is 33.7 Å². The summed E-state index contributed by atoms with van der Waals surface area (Å²) in [5.74, 6) is 2.37. The molecule has 1 aliphatic heterocycles. The number of hydrogen-bond donors (Lipinski definition) is 2. The molecular weight excluding hydrogens is 405 g/mol. The Balaban J connectivity index is 0.00000192. The lowest BCUT2D eigenvalue weighted by atomic mass is 10.1. The minimum atomic E-state index is 0. The van der Waals surface area contributed by atoms with Crippen molar-refractivity contribution in [1.82, 2.24) is 30.1 Å². The van der Waals surface area contributed by atoms with E-state index in [0.717, 1.165) is 30.5 Å². The van der Waals surface area contributed by atoms with Crippen LogP contribution in [0.5, 0.6) is 0 Å². The van der Waals surface area contributed by atoms with Gasteiger partial charge in [-0.15, -0.1) is 34.2 Å². The third-order valence-corrected chi connectivity index (χ3v) is 4.07. The van der Waals surface area contributed by atoms with Crippen LogP contribution < -0.4 is 10.6 Å². The van der Waals surface area contributed by atoms with E-state index in [9.17, 15) is 0 Å². The maximum Gasteiger partial charge on any atom is 0.191 e. The molecule has 0 saturated carbocycles. The predicted octanol–water partition coefficient (Wildman–Crippen LogP) is 0.964. The second kappa shape index (κ2) is 8.44. The SMILES string of the molecule is CN=C(NCc1nnc2ccccn12)NCC1CCN(C)C1.I. The number of nitrogens with zero attached hydrogens (tertiary/aromatic N) is 5. The van der Waals surface area contributed by atoms with Crippen LogP contribution in [0.1, 0.15) is 12.2 Å². The highest BCUT2D eigenvalue weighted by molar-refractivity contribution is 14.0. The number of aromatic nitrogens is 3. The zero-order valence-corrected chi connectivity index (χ0v) is 15.9. The van der Waals surface area contributed by atoms with Crippen LogP contribution in [0.4, 0.5) is 0 Å². The molecule has 0 aromatic carbocycles. The Hall–Kier alpha value is -1.42. The van der Waals surface area contributed by atoms with Crippen molar-refractivity contribution in [2.24, 2.45) is 10.9 Å². The Kier molecular flexibility index (Phi) is 6.58. The van der Waals surface area contributed by atoms with E-state index in [1.165, 1.54) is 13.0 Å². The molecule has 0 spiro atoms. The van der Waals surface area contributed by atoms with Gasteiger partial charge in [-0.2, -0.15) is 0 Å². The van der Waals surface area contributed by atoms with E-state index in [1.54, 1.807) is 7.05 Å². The molecule has 2 N–H and O–H groups in total. The van der Waals surface area contributed by atoms with E-state index in [4.69, 9.17) is 0 Å². The van der Waals surface area contributed by atoms with Crippen molar-refractivity contribution in [3.8, 4) is 0 Å². The number of guanidine groups is 1. The van der Waals surface area contributed by atoms with Crippen LogP contribution in [-0.4, -0.2) is 59.2 Å². The van der Waals surface area contributed by atoms with Gasteiger partial charge in [0.15, 0.2) is 17.4 Å². The Labute approximate surface area is 153 Å². The van der Waals surface area contributed by atoms with E-state index in [0.29, 0.717) is 12.5 Å². The minimum absolute atomic E-state index is 0. The zero-order chi connectivity index (χ0) is 15.4. The van der Waals surface area contributed by atoms with E-state index in [1.807, 2.05) is 28.8 Å². The molecule has 1 saturated heterocycles. The molecule has 8 heteroatoms. The van der Waals surface area contributed by atoms with Crippen LogP contribution in [0.2, 0.25) is 0 Å². The van der Waals surface area contributed by atoms with Crippen molar-refractivity contribution in [3.63, 3.8) is 0 Å². The first-order chi connectivity index (χ1) is 10.8. The van der Waals surface area contributed by atoms with Crippen molar-refractivity contribution in [3.05, 3.63) is 30.2 Å². The number of fused-ring (bicyclic) bond motifs is 1. The summed E-state index contributed by atoms with van der Waals surface area (Å²) in [5.41, 5.74) is 0.858. The molecule has 0 radical (unpaired) electrons. The molecule has 7 nitrogen and oxygen atoms in total. The van der Waals surface area contributed by atoms with Gasteiger partial charge in [-0.25, -0.2) is 0 Å². The lowest BCUT2D eigenvalue weighted by molar-refractivity contribution is 0.394. The molecule has 1 aliphatic rings. The Morgan fingerprint density at radius 2 is 2.22 bits per heavy atom. The van der Waals surface area contributed by atoms with Crippen molar-refractivity contribution < 1.29 is 0 Å². The fourth-order valence-electron chi connectivity index (χ4n) is 2.83. The number of pyridine rings is 1. The smallest absolute Gasteiger partial charge is 0.191 e. The van der Waals surface area contributed by atoms with Crippen molar-refractivity contribution in [2.45, 2.75) is 13.0 Å². The Morgan fingerprint density at radius 1 is 1.35 bits per heavy atom. The molecule has 2 aromatic rings. The normalized spacial score (nSPS) is 18.9. The maximum absolute atomic E-state index is 4.27. The molecule has 1 atom stereocenters. The minimum Gasteiger partial charge on any atom is -0.356 e. The first-order valence-corrected chi connectivity index (χ1v) is 7.68. The maximum atomic E-state index is 4.27. The molecule has 1 unspecified atom stereocenters. The van der Waals surface area contributed by atoms with E-state index < -0.39 is 0 Å². The number of rotatable bonds is 4. The van der Waals surface area contributed by atoms with Gasteiger partial charge in [-0.05, 0) is 38.1 Å². The van der Waals surface area contributed by atoms with Crippen LogP contribution in [-0.2, 0) is 6.54 Å². The summed E-state index contributed by atoms with van der Waals surface area (Å²) in [4.78, 5) is 6.64. The highest BCUT2D eigenvalue weighted by atomic mass is 127. The van der Waals surface area contributed by atoms with Gasteiger partial charge >= 0.3 is 0 Å². The summed E-state index contributed by atoms with van der Waals surface area (Å²) in [6, 6.07) is 5.88. The summed E-state index contributed by atoms with van der Waals surface area (Å²) < 4.78 is 1.98. The third kappa shape index (κ3) is 4.54. The molecule has 1 fully saturated rings. The van der Waals surface area contributed by atoms with Crippen LogP contribution in [0.3, 0.4) is 0 Å². The first-order valence-electron chi connectivity index (χ1n) is 7.68. The monoisotopic (exact) mass is 429 g/mol. The van der Waals surface area contributed by atoms with Gasteiger partial charge in [0.05, 0.1) is 6.54 Å². The van der Waals surface area contributed by atoms with Gasteiger partial charge in [0, 0.05) is 26.3 Å². The fourth-order valence-corrected chi connectivity index (χ4v) is 2.83. The van der Waals surface area contributed by atoms with Gasteiger partial charge in [-0.1, -0.05) is 6.07 Å². The summed E-state index contributed by atoms with van der Waals surface area (Å²) in [6.45, 7) is 3.88. The molecular formula is C15H24IN7. The average Bonchev–Trinajstić information content (AvgIpc) is 3.14. The zero-order valence-electron chi connectivity index (χ0n) is 13.6. The highest BCUT2D eigenvalue weighted by Gasteiger charge is 2.19. The van der Waals surface area contributed by atoms with Crippen LogP contribution >= 0.6 is 24.0 Å². The predicted molar refractivity (Wildman–Crippen MR) is 102 cm³/mol. The lowest BCUT2D eigenvalue weighted by Crippen LogP contribution is -2.40. The largest absolute Gasteiger partial charge is 0.356 e. The quantitative estimate of drug-likeness (QED) is 0.431.